The Morgan fingerprint density at radius 1 is 1.11 bits per heavy atom. The number of allylic oxidation sites excluding steroid dienone is 1. The zero-order valence-electron chi connectivity index (χ0n) is 15.4. The highest BCUT2D eigenvalue weighted by molar-refractivity contribution is 5.89. The molecule has 1 unspecified atom stereocenters. The van der Waals surface area contributed by atoms with Crippen molar-refractivity contribution in [3.05, 3.63) is 52.1 Å². The summed E-state index contributed by atoms with van der Waals surface area (Å²) in [6, 6.07) is 9.45. The molecule has 0 spiro atoms. The third-order valence-corrected chi connectivity index (χ3v) is 4.88. The van der Waals surface area contributed by atoms with Crippen LogP contribution < -0.4 is 0 Å². The highest BCUT2D eigenvalue weighted by Gasteiger charge is 2.41. The molecule has 7 nitrogen and oxygen atoms in total. The highest BCUT2D eigenvalue weighted by atomic mass is 16.6. The van der Waals surface area contributed by atoms with E-state index in [0.29, 0.717) is 12.8 Å². The van der Waals surface area contributed by atoms with Crippen molar-refractivity contribution in [3.8, 4) is 0 Å². The number of hydrogen-bond donors (Lipinski definition) is 0. The average Bonchev–Trinajstić information content (AvgIpc) is 3.52. The summed E-state index contributed by atoms with van der Waals surface area (Å²) in [6.07, 6.45) is 2.69. The fraction of sp³-hybridized carbons (Fsp3) is 0.500. The molecule has 0 aliphatic heterocycles. The standard InChI is InChI=1S/C20H24N2O5/c1-2-26-19(23)17-12-16(10-11-18(17)21-25)22(15-8-9-15)20(24)27-13-14-6-4-3-5-7-14/h3-7,15-16H,2,8-13H2,1H3. The normalized spacial score (nSPS) is 19.4. The third kappa shape index (κ3) is 4.72. The molecule has 1 aromatic carbocycles. The van der Waals surface area contributed by atoms with Crippen LogP contribution in [0.1, 0.15) is 44.6 Å². The molecule has 144 valence electrons. The van der Waals surface area contributed by atoms with E-state index in [-0.39, 0.29) is 49.1 Å². The molecule has 3 rings (SSSR count). The van der Waals surface area contributed by atoms with E-state index in [4.69, 9.17) is 9.47 Å². The van der Waals surface area contributed by atoms with Gasteiger partial charge in [0.2, 0.25) is 0 Å². The Hall–Kier alpha value is -2.70. The molecular weight excluding hydrogens is 348 g/mol. The van der Waals surface area contributed by atoms with Crippen molar-refractivity contribution in [2.75, 3.05) is 6.61 Å². The summed E-state index contributed by atoms with van der Waals surface area (Å²) >= 11 is 0. The summed E-state index contributed by atoms with van der Waals surface area (Å²) in [4.78, 5) is 37.7. The van der Waals surface area contributed by atoms with Gasteiger partial charge in [0, 0.05) is 18.5 Å². The van der Waals surface area contributed by atoms with E-state index in [1.807, 2.05) is 30.3 Å². The first-order valence-electron chi connectivity index (χ1n) is 9.35. The molecule has 1 fully saturated rings. The average molecular weight is 372 g/mol. The van der Waals surface area contributed by atoms with Crippen LogP contribution in [0.15, 0.2) is 46.8 Å². The van der Waals surface area contributed by atoms with Gasteiger partial charge in [-0.15, -0.1) is 4.91 Å². The number of rotatable bonds is 7. The van der Waals surface area contributed by atoms with Crippen LogP contribution in [-0.4, -0.2) is 35.7 Å². The lowest BCUT2D eigenvalue weighted by Gasteiger charge is -2.34. The lowest BCUT2D eigenvalue weighted by molar-refractivity contribution is -0.139. The van der Waals surface area contributed by atoms with E-state index in [1.54, 1.807) is 11.8 Å². The number of amides is 1. The number of carbonyl (C=O) groups is 2. The molecule has 1 amide bonds. The van der Waals surface area contributed by atoms with E-state index >= 15 is 0 Å². The second-order valence-corrected chi connectivity index (χ2v) is 6.81. The van der Waals surface area contributed by atoms with Crippen LogP contribution in [0, 0.1) is 4.91 Å². The fourth-order valence-corrected chi connectivity index (χ4v) is 3.41. The van der Waals surface area contributed by atoms with Gasteiger partial charge in [-0.2, -0.15) is 0 Å². The van der Waals surface area contributed by atoms with Gasteiger partial charge in [-0.1, -0.05) is 30.3 Å². The minimum atomic E-state index is -0.523. The van der Waals surface area contributed by atoms with E-state index in [9.17, 15) is 14.5 Å². The maximum absolute atomic E-state index is 12.7. The second kappa shape index (κ2) is 8.79. The van der Waals surface area contributed by atoms with Crippen LogP contribution in [0.3, 0.4) is 0 Å². The van der Waals surface area contributed by atoms with Crippen molar-refractivity contribution in [2.45, 2.75) is 57.7 Å². The summed E-state index contributed by atoms with van der Waals surface area (Å²) < 4.78 is 10.6. The first-order valence-corrected chi connectivity index (χ1v) is 9.35. The summed E-state index contributed by atoms with van der Waals surface area (Å²) in [5.74, 6) is -0.523. The van der Waals surface area contributed by atoms with Crippen molar-refractivity contribution >= 4 is 12.1 Å². The lowest BCUT2D eigenvalue weighted by atomic mass is 9.91. The Morgan fingerprint density at radius 3 is 2.48 bits per heavy atom. The first-order chi connectivity index (χ1) is 13.1. The van der Waals surface area contributed by atoms with Gasteiger partial charge in [0.15, 0.2) is 0 Å². The largest absolute Gasteiger partial charge is 0.463 e. The topological polar surface area (TPSA) is 85.3 Å². The summed E-state index contributed by atoms with van der Waals surface area (Å²) in [7, 11) is 0. The van der Waals surface area contributed by atoms with Crippen LogP contribution in [0.2, 0.25) is 0 Å². The van der Waals surface area contributed by atoms with Gasteiger partial charge in [-0.3, -0.25) is 0 Å². The zero-order chi connectivity index (χ0) is 19.2. The minimum absolute atomic E-state index is 0.132. The molecule has 0 aromatic heterocycles. The molecule has 1 atom stereocenters. The van der Waals surface area contributed by atoms with Gasteiger partial charge in [0.05, 0.1) is 17.9 Å². The smallest absolute Gasteiger partial charge is 0.410 e. The van der Waals surface area contributed by atoms with Crippen molar-refractivity contribution < 1.29 is 19.1 Å². The Balaban J connectivity index is 1.69. The molecule has 0 radical (unpaired) electrons. The molecule has 2 aliphatic rings. The molecule has 0 heterocycles. The van der Waals surface area contributed by atoms with E-state index in [0.717, 1.165) is 18.4 Å². The van der Waals surface area contributed by atoms with Gasteiger partial charge in [0.1, 0.15) is 6.61 Å². The van der Waals surface area contributed by atoms with Gasteiger partial charge in [-0.25, -0.2) is 9.59 Å². The monoisotopic (exact) mass is 372 g/mol. The van der Waals surface area contributed by atoms with Gasteiger partial charge >= 0.3 is 12.1 Å². The predicted octanol–water partition coefficient (Wildman–Crippen LogP) is 3.92. The molecule has 1 saturated carbocycles. The van der Waals surface area contributed by atoms with Crippen molar-refractivity contribution in [1.29, 1.82) is 0 Å². The molecule has 0 bridgehead atoms. The Labute approximate surface area is 158 Å². The minimum Gasteiger partial charge on any atom is -0.463 e. The zero-order valence-corrected chi connectivity index (χ0v) is 15.4. The van der Waals surface area contributed by atoms with Gasteiger partial charge < -0.3 is 14.4 Å². The molecule has 7 heteroatoms. The molecule has 0 saturated heterocycles. The summed E-state index contributed by atoms with van der Waals surface area (Å²) in [6.45, 7) is 2.14. The van der Waals surface area contributed by atoms with Crippen molar-refractivity contribution in [1.82, 2.24) is 4.90 Å². The number of carbonyl (C=O) groups excluding carboxylic acids is 2. The van der Waals surface area contributed by atoms with E-state index in [2.05, 4.69) is 5.18 Å². The molecule has 2 aliphatic carbocycles. The predicted molar refractivity (Wildman–Crippen MR) is 98.6 cm³/mol. The van der Waals surface area contributed by atoms with Crippen LogP contribution in [-0.2, 0) is 20.9 Å². The number of nitroso groups, excluding NO2 is 1. The molecule has 0 N–H and O–H groups in total. The Bertz CT molecular complexity index is 727. The first kappa shape index (κ1) is 19.1. The van der Waals surface area contributed by atoms with Crippen LogP contribution in [0.5, 0.6) is 0 Å². The Kier molecular flexibility index (Phi) is 6.21. The lowest BCUT2D eigenvalue weighted by Crippen LogP contribution is -2.44. The van der Waals surface area contributed by atoms with Crippen molar-refractivity contribution in [2.24, 2.45) is 5.18 Å². The van der Waals surface area contributed by atoms with Crippen LogP contribution in [0.4, 0.5) is 4.79 Å². The van der Waals surface area contributed by atoms with Gasteiger partial charge in [0.25, 0.3) is 0 Å². The van der Waals surface area contributed by atoms with E-state index < -0.39 is 5.97 Å². The number of hydrogen-bond acceptors (Lipinski definition) is 6. The fourth-order valence-electron chi connectivity index (χ4n) is 3.41. The highest BCUT2D eigenvalue weighted by Crippen LogP contribution is 2.37. The second-order valence-electron chi connectivity index (χ2n) is 6.81. The number of ether oxygens (including phenoxy) is 2. The number of nitrogens with zero attached hydrogens (tertiary/aromatic N) is 2. The molecule has 27 heavy (non-hydrogen) atoms. The van der Waals surface area contributed by atoms with Crippen LogP contribution >= 0.6 is 0 Å². The van der Waals surface area contributed by atoms with E-state index in [1.165, 1.54) is 0 Å². The maximum Gasteiger partial charge on any atom is 0.410 e. The summed E-state index contributed by atoms with van der Waals surface area (Å²) in [5, 5.41) is 3.00. The van der Waals surface area contributed by atoms with Crippen LogP contribution in [0.25, 0.3) is 0 Å². The maximum atomic E-state index is 12.7. The Morgan fingerprint density at radius 2 is 1.85 bits per heavy atom. The number of esters is 1. The molecular formula is C20H24N2O5. The quantitative estimate of drug-likeness (QED) is 0.535. The van der Waals surface area contributed by atoms with Gasteiger partial charge in [-0.05, 0) is 43.3 Å². The molecule has 1 aromatic rings. The summed E-state index contributed by atoms with van der Waals surface area (Å²) in [5.41, 5.74) is 1.44. The SMILES string of the molecule is CCOC(=O)C1=C(N=O)CCC(N(C(=O)OCc2ccccc2)C2CC2)C1. The van der Waals surface area contributed by atoms with Crippen molar-refractivity contribution in [3.63, 3.8) is 0 Å². The third-order valence-electron chi connectivity index (χ3n) is 4.88. The number of benzene rings is 1.